The van der Waals surface area contributed by atoms with Gasteiger partial charge in [0.2, 0.25) is 0 Å². The standard InChI is InChI=1S/C18H21ClN2/c1-21(12-14-4-2-3-5-17(14)19)13-18(10-11-18)15-6-8-16(20)9-7-15/h2-9H,10-13,20H2,1H3. The predicted molar refractivity (Wildman–Crippen MR) is 89.6 cm³/mol. The van der Waals surface area contributed by atoms with E-state index in [0.29, 0.717) is 5.41 Å². The highest BCUT2D eigenvalue weighted by molar-refractivity contribution is 6.31. The second-order valence-corrected chi connectivity index (χ2v) is 6.57. The summed E-state index contributed by atoms with van der Waals surface area (Å²) >= 11 is 6.25. The molecule has 1 aliphatic rings. The first kappa shape index (κ1) is 14.4. The van der Waals surface area contributed by atoms with Crippen LogP contribution >= 0.6 is 11.6 Å². The predicted octanol–water partition coefficient (Wildman–Crippen LogP) is 4.09. The Hall–Kier alpha value is -1.51. The van der Waals surface area contributed by atoms with Gasteiger partial charge in [-0.05, 0) is 49.2 Å². The Morgan fingerprint density at radius 2 is 1.76 bits per heavy atom. The van der Waals surface area contributed by atoms with Crippen molar-refractivity contribution in [1.82, 2.24) is 4.90 Å². The molecule has 0 radical (unpaired) electrons. The normalized spacial score (nSPS) is 16.1. The summed E-state index contributed by atoms with van der Waals surface area (Å²) in [6.07, 6.45) is 2.51. The molecule has 0 atom stereocenters. The first-order chi connectivity index (χ1) is 10.1. The van der Waals surface area contributed by atoms with Crippen LogP contribution in [0.1, 0.15) is 24.0 Å². The maximum Gasteiger partial charge on any atom is 0.0451 e. The Kier molecular flexibility index (Phi) is 3.92. The number of rotatable bonds is 5. The van der Waals surface area contributed by atoms with E-state index in [1.54, 1.807) is 0 Å². The van der Waals surface area contributed by atoms with E-state index in [0.717, 1.165) is 23.8 Å². The third kappa shape index (κ3) is 3.22. The average Bonchev–Trinajstić information content (AvgIpc) is 3.23. The van der Waals surface area contributed by atoms with Crippen LogP contribution in [0.5, 0.6) is 0 Å². The molecule has 0 amide bonds. The van der Waals surface area contributed by atoms with Crippen molar-refractivity contribution in [3.8, 4) is 0 Å². The van der Waals surface area contributed by atoms with Crippen molar-refractivity contribution < 1.29 is 0 Å². The van der Waals surface area contributed by atoms with E-state index < -0.39 is 0 Å². The molecule has 0 aromatic heterocycles. The van der Waals surface area contributed by atoms with E-state index in [4.69, 9.17) is 17.3 Å². The van der Waals surface area contributed by atoms with Gasteiger partial charge in [0, 0.05) is 29.2 Å². The Labute approximate surface area is 131 Å². The van der Waals surface area contributed by atoms with Crippen LogP contribution in [-0.4, -0.2) is 18.5 Å². The van der Waals surface area contributed by atoms with Crippen molar-refractivity contribution in [3.63, 3.8) is 0 Å². The van der Waals surface area contributed by atoms with Gasteiger partial charge in [0.25, 0.3) is 0 Å². The lowest BCUT2D eigenvalue weighted by molar-refractivity contribution is 0.294. The molecule has 2 aromatic rings. The first-order valence-electron chi connectivity index (χ1n) is 7.37. The number of benzene rings is 2. The second-order valence-electron chi connectivity index (χ2n) is 6.17. The molecule has 2 nitrogen and oxygen atoms in total. The lowest BCUT2D eigenvalue weighted by Gasteiger charge is -2.24. The number of likely N-dealkylation sites (N-methyl/N-ethyl adjacent to an activating group) is 1. The van der Waals surface area contributed by atoms with Crippen LogP contribution in [0, 0.1) is 0 Å². The molecule has 2 aromatic carbocycles. The van der Waals surface area contributed by atoms with Crippen LogP contribution in [0.25, 0.3) is 0 Å². The number of nitrogens with zero attached hydrogens (tertiary/aromatic N) is 1. The Bertz CT molecular complexity index is 617. The first-order valence-corrected chi connectivity index (χ1v) is 7.75. The molecule has 0 bridgehead atoms. The highest BCUT2D eigenvalue weighted by atomic mass is 35.5. The van der Waals surface area contributed by atoms with Crippen LogP contribution in [0.4, 0.5) is 5.69 Å². The number of anilines is 1. The van der Waals surface area contributed by atoms with Crippen molar-refractivity contribution in [2.45, 2.75) is 24.8 Å². The van der Waals surface area contributed by atoms with Gasteiger partial charge in [-0.25, -0.2) is 0 Å². The van der Waals surface area contributed by atoms with E-state index in [1.165, 1.54) is 24.0 Å². The fourth-order valence-corrected chi connectivity index (χ4v) is 3.21. The number of hydrogen-bond donors (Lipinski definition) is 1. The molecular weight excluding hydrogens is 280 g/mol. The van der Waals surface area contributed by atoms with Crippen LogP contribution in [0.3, 0.4) is 0 Å². The van der Waals surface area contributed by atoms with Gasteiger partial charge in [-0.2, -0.15) is 0 Å². The zero-order chi connectivity index (χ0) is 14.9. The summed E-state index contributed by atoms with van der Waals surface area (Å²) in [5.41, 5.74) is 9.52. The molecule has 0 heterocycles. The quantitative estimate of drug-likeness (QED) is 0.843. The Morgan fingerprint density at radius 1 is 1.10 bits per heavy atom. The highest BCUT2D eigenvalue weighted by Crippen LogP contribution is 2.48. The molecule has 0 saturated heterocycles. The molecule has 1 saturated carbocycles. The van der Waals surface area contributed by atoms with Gasteiger partial charge >= 0.3 is 0 Å². The SMILES string of the molecule is CN(Cc1ccccc1Cl)CC1(c2ccc(N)cc2)CC1. The van der Waals surface area contributed by atoms with E-state index >= 15 is 0 Å². The molecule has 21 heavy (non-hydrogen) atoms. The number of halogens is 1. The Morgan fingerprint density at radius 3 is 2.38 bits per heavy atom. The van der Waals surface area contributed by atoms with E-state index in [2.05, 4.69) is 30.1 Å². The summed E-state index contributed by atoms with van der Waals surface area (Å²) < 4.78 is 0. The summed E-state index contributed by atoms with van der Waals surface area (Å²) in [5.74, 6) is 0. The minimum atomic E-state index is 0.309. The molecule has 0 aliphatic heterocycles. The number of hydrogen-bond acceptors (Lipinski definition) is 2. The van der Waals surface area contributed by atoms with Gasteiger partial charge in [-0.3, -0.25) is 0 Å². The Balaban J connectivity index is 1.68. The van der Waals surface area contributed by atoms with Crippen molar-refractivity contribution in [1.29, 1.82) is 0 Å². The molecule has 1 aliphatic carbocycles. The van der Waals surface area contributed by atoms with E-state index in [-0.39, 0.29) is 0 Å². The maximum atomic E-state index is 6.25. The van der Waals surface area contributed by atoms with Crippen LogP contribution in [0.15, 0.2) is 48.5 Å². The summed E-state index contributed by atoms with van der Waals surface area (Å²) in [4.78, 5) is 2.37. The fraction of sp³-hybridized carbons (Fsp3) is 0.333. The van der Waals surface area contributed by atoms with Crippen LogP contribution < -0.4 is 5.73 Å². The zero-order valence-electron chi connectivity index (χ0n) is 12.3. The molecule has 0 spiro atoms. The third-order valence-corrected chi connectivity index (χ3v) is 4.72. The molecule has 0 unspecified atom stereocenters. The van der Waals surface area contributed by atoms with Gasteiger partial charge in [-0.1, -0.05) is 41.9 Å². The fourth-order valence-electron chi connectivity index (χ4n) is 3.02. The van der Waals surface area contributed by atoms with Gasteiger partial charge < -0.3 is 10.6 Å². The topological polar surface area (TPSA) is 29.3 Å². The minimum absolute atomic E-state index is 0.309. The van der Waals surface area contributed by atoms with E-state index in [9.17, 15) is 0 Å². The van der Waals surface area contributed by atoms with Crippen LogP contribution in [-0.2, 0) is 12.0 Å². The van der Waals surface area contributed by atoms with Crippen molar-refractivity contribution in [2.75, 3.05) is 19.3 Å². The van der Waals surface area contributed by atoms with Gasteiger partial charge in [-0.15, -0.1) is 0 Å². The van der Waals surface area contributed by atoms with Crippen molar-refractivity contribution in [3.05, 3.63) is 64.7 Å². The van der Waals surface area contributed by atoms with Gasteiger partial charge in [0.1, 0.15) is 0 Å². The summed E-state index contributed by atoms with van der Waals surface area (Å²) in [7, 11) is 2.17. The molecule has 110 valence electrons. The van der Waals surface area contributed by atoms with Crippen molar-refractivity contribution in [2.24, 2.45) is 0 Å². The summed E-state index contributed by atoms with van der Waals surface area (Å²) in [6, 6.07) is 16.4. The maximum absolute atomic E-state index is 6.25. The molecule has 1 fully saturated rings. The van der Waals surface area contributed by atoms with Gasteiger partial charge in [0.15, 0.2) is 0 Å². The van der Waals surface area contributed by atoms with E-state index in [1.807, 2.05) is 30.3 Å². The minimum Gasteiger partial charge on any atom is -0.399 e. The summed E-state index contributed by atoms with van der Waals surface area (Å²) in [5, 5.41) is 0.849. The highest BCUT2D eigenvalue weighted by Gasteiger charge is 2.44. The van der Waals surface area contributed by atoms with Crippen molar-refractivity contribution >= 4 is 17.3 Å². The monoisotopic (exact) mass is 300 g/mol. The number of nitrogens with two attached hydrogens (primary N) is 1. The smallest absolute Gasteiger partial charge is 0.0451 e. The third-order valence-electron chi connectivity index (χ3n) is 4.35. The molecule has 2 N–H and O–H groups in total. The largest absolute Gasteiger partial charge is 0.399 e. The molecule has 3 rings (SSSR count). The lowest BCUT2D eigenvalue weighted by Crippen LogP contribution is -2.29. The number of nitrogen functional groups attached to an aromatic ring is 1. The van der Waals surface area contributed by atoms with Gasteiger partial charge in [0.05, 0.1) is 0 Å². The zero-order valence-corrected chi connectivity index (χ0v) is 13.1. The molecule has 3 heteroatoms. The van der Waals surface area contributed by atoms with Crippen LogP contribution in [0.2, 0.25) is 5.02 Å². The average molecular weight is 301 g/mol. The molecular formula is C18H21ClN2. The lowest BCUT2D eigenvalue weighted by atomic mass is 9.95. The second kappa shape index (κ2) is 5.70. The summed E-state index contributed by atoms with van der Waals surface area (Å²) in [6.45, 7) is 1.94.